The minimum atomic E-state index is -4.45. The molecule has 4 rings (SSSR count). The molecule has 2 aromatic rings. The van der Waals surface area contributed by atoms with Crippen molar-refractivity contribution in [3.05, 3.63) is 47.9 Å². The first kappa shape index (κ1) is 20.5. The molecule has 2 fully saturated rings. The van der Waals surface area contributed by atoms with Gasteiger partial charge in [-0.3, -0.25) is 4.90 Å². The van der Waals surface area contributed by atoms with Crippen LogP contribution in [0.25, 0.3) is 10.8 Å². The highest BCUT2D eigenvalue weighted by Gasteiger charge is 2.37. The first-order valence-corrected chi connectivity index (χ1v) is 10.8. The second kappa shape index (κ2) is 8.55. The summed E-state index contributed by atoms with van der Waals surface area (Å²) < 4.78 is 47.8. The zero-order valence-electron chi connectivity index (χ0n) is 17.0. The molecule has 5 heteroatoms. The summed E-state index contributed by atoms with van der Waals surface area (Å²) in [6.07, 6.45) is 4.84. The topological polar surface area (TPSA) is 12.5 Å². The number of nitrogens with zero attached hydrogens (tertiary/aromatic N) is 1. The lowest BCUT2D eigenvalue weighted by Gasteiger charge is -2.32. The van der Waals surface area contributed by atoms with Crippen LogP contribution in [-0.2, 0) is 6.18 Å². The minimum absolute atomic E-state index is 0.0247. The fourth-order valence-electron chi connectivity index (χ4n) is 4.69. The predicted octanol–water partition coefficient (Wildman–Crippen LogP) is 6.93. The molecule has 0 amide bonds. The van der Waals surface area contributed by atoms with Crippen molar-refractivity contribution in [2.75, 3.05) is 13.1 Å². The highest BCUT2D eigenvalue weighted by Crippen LogP contribution is 2.43. The van der Waals surface area contributed by atoms with E-state index in [1.54, 1.807) is 12.1 Å². The summed E-state index contributed by atoms with van der Waals surface area (Å²) in [5.74, 6) is -0.0247. The quantitative estimate of drug-likeness (QED) is 0.548. The molecule has 2 nitrogen and oxygen atoms in total. The molecule has 0 spiro atoms. The SMILES string of the molecule is CC(c1ccc2c(C(F)(F)F)c(OC3CCCCC3)ccc2c1)N1C[CH]CCC1. The summed E-state index contributed by atoms with van der Waals surface area (Å²) >= 11 is 0. The average molecular weight is 404 g/mol. The van der Waals surface area contributed by atoms with Gasteiger partial charge in [0.05, 0.1) is 6.10 Å². The van der Waals surface area contributed by atoms with Gasteiger partial charge in [0.2, 0.25) is 0 Å². The fraction of sp³-hybridized carbons (Fsp3) is 0.542. The Bertz CT molecular complexity index is 836. The van der Waals surface area contributed by atoms with E-state index in [2.05, 4.69) is 18.2 Å². The molecule has 157 valence electrons. The average Bonchev–Trinajstić information content (AvgIpc) is 2.73. The standard InChI is InChI=1S/C24H29F3NO/c1-17(28-14-6-3-7-15-28)18-10-12-21-19(16-18)11-13-22(23(21)24(25,26)27)29-20-8-4-2-5-9-20/h6,10-13,16-17,20H,2-5,7-9,14-15H2,1H3. The third kappa shape index (κ3) is 4.55. The number of hydrogen-bond acceptors (Lipinski definition) is 2. The summed E-state index contributed by atoms with van der Waals surface area (Å²) in [6.45, 7) is 4.09. The molecule has 29 heavy (non-hydrogen) atoms. The maximum atomic E-state index is 14.0. The molecule has 0 N–H and O–H groups in total. The molecule has 1 heterocycles. The van der Waals surface area contributed by atoms with Crippen LogP contribution < -0.4 is 4.74 Å². The van der Waals surface area contributed by atoms with Crippen molar-refractivity contribution in [2.24, 2.45) is 0 Å². The summed E-state index contributed by atoms with van der Waals surface area (Å²) in [5.41, 5.74) is 0.424. The maximum absolute atomic E-state index is 14.0. The Labute approximate surface area is 171 Å². The molecule has 1 aliphatic heterocycles. The number of hydrogen-bond donors (Lipinski definition) is 0. The van der Waals surface area contributed by atoms with Crippen LogP contribution in [0.1, 0.15) is 69.0 Å². The zero-order valence-corrected chi connectivity index (χ0v) is 17.0. The highest BCUT2D eigenvalue weighted by molar-refractivity contribution is 5.89. The second-order valence-corrected chi connectivity index (χ2v) is 8.40. The molecule has 1 saturated heterocycles. The van der Waals surface area contributed by atoms with Crippen molar-refractivity contribution in [2.45, 2.75) is 70.2 Å². The van der Waals surface area contributed by atoms with Crippen LogP contribution in [0.5, 0.6) is 5.75 Å². The Kier molecular flexibility index (Phi) is 6.05. The molecule has 1 unspecified atom stereocenters. The largest absolute Gasteiger partial charge is 0.490 e. The predicted molar refractivity (Wildman–Crippen MR) is 110 cm³/mol. The van der Waals surface area contributed by atoms with Crippen molar-refractivity contribution in [3.63, 3.8) is 0 Å². The van der Waals surface area contributed by atoms with Crippen molar-refractivity contribution in [1.29, 1.82) is 0 Å². The van der Waals surface area contributed by atoms with Crippen LogP contribution in [0.2, 0.25) is 0 Å². The number of fused-ring (bicyclic) bond motifs is 1. The summed E-state index contributed by atoms with van der Waals surface area (Å²) in [7, 11) is 0. The number of benzene rings is 2. The molecule has 1 aliphatic carbocycles. The Morgan fingerprint density at radius 1 is 1.03 bits per heavy atom. The lowest BCUT2D eigenvalue weighted by molar-refractivity contribution is -0.138. The van der Waals surface area contributed by atoms with Gasteiger partial charge in [-0.2, -0.15) is 13.2 Å². The van der Waals surface area contributed by atoms with E-state index in [0.717, 1.165) is 63.6 Å². The molecular weight excluding hydrogens is 375 g/mol. The number of piperidine rings is 1. The molecule has 1 radical (unpaired) electrons. The summed E-state index contributed by atoms with van der Waals surface area (Å²) in [5, 5.41) is 0.852. The van der Waals surface area contributed by atoms with Crippen molar-refractivity contribution in [3.8, 4) is 5.75 Å². The van der Waals surface area contributed by atoms with Crippen LogP contribution in [0, 0.1) is 6.42 Å². The fourth-order valence-corrected chi connectivity index (χ4v) is 4.69. The first-order valence-electron chi connectivity index (χ1n) is 10.8. The van der Waals surface area contributed by atoms with Gasteiger partial charge in [-0.25, -0.2) is 0 Å². The van der Waals surface area contributed by atoms with E-state index < -0.39 is 11.7 Å². The number of ether oxygens (including phenoxy) is 1. The molecular formula is C24H29F3NO. The summed E-state index contributed by atoms with van der Waals surface area (Å²) in [6, 6.07) is 8.87. The van der Waals surface area contributed by atoms with Crippen LogP contribution in [0.3, 0.4) is 0 Å². The van der Waals surface area contributed by atoms with Gasteiger partial charge in [-0.15, -0.1) is 0 Å². The van der Waals surface area contributed by atoms with Crippen LogP contribution in [-0.4, -0.2) is 24.1 Å². The number of alkyl halides is 3. The van der Waals surface area contributed by atoms with E-state index in [0.29, 0.717) is 5.39 Å². The van der Waals surface area contributed by atoms with E-state index in [1.807, 2.05) is 12.1 Å². The molecule has 2 aromatic carbocycles. The lowest BCUT2D eigenvalue weighted by atomic mass is 9.96. The zero-order chi connectivity index (χ0) is 20.4. The van der Waals surface area contributed by atoms with Gasteiger partial charge in [-0.05, 0) is 86.9 Å². The molecule has 1 atom stereocenters. The molecule has 2 aliphatic rings. The molecule has 0 aromatic heterocycles. The van der Waals surface area contributed by atoms with E-state index in [1.165, 1.54) is 6.07 Å². The third-order valence-corrected chi connectivity index (χ3v) is 6.38. The minimum Gasteiger partial charge on any atom is -0.490 e. The Morgan fingerprint density at radius 3 is 2.52 bits per heavy atom. The van der Waals surface area contributed by atoms with E-state index in [4.69, 9.17) is 4.74 Å². The van der Waals surface area contributed by atoms with E-state index >= 15 is 0 Å². The van der Waals surface area contributed by atoms with Gasteiger partial charge in [0.25, 0.3) is 0 Å². The second-order valence-electron chi connectivity index (χ2n) is 8.40. The van der Waals surface area contributed by atoms with Gasteiger partial charge < -0.3 is 4.74 Å². The number of halogens is 3. The first-order chi connectivity index (χ1) is 13.9. The normalized spacial score (nSPS) is 20.7. The maximum Gasteiger partial charge on any atom is 0.420 e. The van der Waals surface area contributed by atoms with Gasteiger partial charge in [0.15, 0.2) is 0 Å². The van der Waals surface area contributed by atoms with E-state index in [9.17, 15) is 13.2 Å². The third-order valence-electron chi connectivity index (χ3n) is 6.38. The van der Waals surface area contributed by atoms with E-state index in [-0.39, 0.29) is 23.3 Å². The van der Waals surface area contributed by atoms with Crippen molar-refractivity contribution >= 4 is 10.8 Å². The van der Waals surface area contributed by atoms with Gasteiger partial charge in [0.1, 0.15) is 11.3 Å². The Morgan fingerprint density at radius 2 is 1.83 bits per heavy atom. The Balaban J connectivity index is 1.67. The molecule has 0 bridgehead atoms. The lowest BCUT2D eigenvalue weighted by Crippen LogP contribution is -2.32. The summed E-state index contributed by atoms with van der Waals surface area (Å²) in [4.78, 5) is 2.37. The van der Waals surface area contributed by atoms with Crippen LogP contribution >= 0.6 is 0 Å². The number of likely N-dealkylation sites (tertiary alicyclic amines) is 1. The Hall–Kier alpha value is -1.75. The van der Waals surface area contributed by atoms with Gasteiger partial charge >= 0.3 is 6.18 Å². The smallest absolute Gasteiger partial charge is 0.420 e. The van der Waals surface area contributed by atoms with Crippen molar-refractivity contribution in [1.82, 2.24) is 4.90 Å². The molecule has 1 saturated carbocycles. The van der Waals surface area contributed by atoms with Crippen LogP contribution in [0.4, 0.5) is 13.2 Å². The van der Waals surface area contributed by atoms with Crippen LogP contribution in [0.15, 0.2) is 30.3 Å². The number of rotatable bonds is 4. The van der Waals surface area contributed by atoms with Crippen molar-refractivity contribution < 1.29 is 17.9 Å². The van der Waals surface area contributed by atoms with Gasteiger partial charge in [-0.1, -0.05) is 24.6 Å². The van der Waals surface area contributed by atoms with Gasteiger partial charge in [0, 0.05) is 12.6 Å². The monoisotopic (exact) mass is 404 g/mol. The highest BCUT2D eigenvalue weighted by atomic mass is 19.4.